The molecule has 130 valence electrons. The second kappa shape index (κ2) is 7.01. The highest BCUT2D eigenvalue weighted by Gasteiger charge is 2.22. The standard InChI is InChI=1S/C19H18F2N2O2/c1-12(13-7-8-16(20)17(21)11-13)22-19(25)14-4-2-5-15(10-14)23-9-3-6-18(23)24/h2,4-5,7-8,10-12H,3,6,9H2,1H3,(H,22,25)/t12-/m0/s1. The van der Waals surface area contributed by atoms with E-state index in [1.165, 1.54) is 6.07 Å². The van der Waals surface area contributed by atoms with E-state index in [4.69, 9.17) is 0 Å². The van der Waals surface area contributed by atoms with Gasteiger partial charge in [0.05, 0.1) is 6.04 Å². The number of amides is 2. The molecular formula is C19H18F2N2O2. The third kappa shape index (κ3) is 3.68. The lowest BCUT2D eigenvalue weighted by Gasteiger charge is -2.18. The second-order valence-electron chi connectivity index (χ2n) is 6.07. The van der Waals surface area contributed by atoms with E-state index >= 15 is 0 Å². The summed E-state index contributed by atoms with van der Waals surface area (Å²) in [5.74, 6) is -2.17. The summed E-state index contributed by atoms with van der Waals surface area (Å²) in [6.07, 6.45) is 1.33. The Kier molecular flexibility index (Phi) is 4.79. The van der Waals surface area contributed by atoms with E-state index < -0.39 is 17.7 Å². The maximum absolute atomic E-state index is 13.3. The molecule has 2 aromatic carbocycles. The van der Waals surface area contributed by atoms with Gasteiger partial charge in [0, 0.05) is 24.2 Å². The van der Waals surface area contributed by atoms with Gasteiger partial charge in [-0.25, -0.2) is 8.78 Å². The molecule has 3 rings (SSSR count). The molecule has 1 heterocycles. The lowest BCUT2D eigenvalue weighted by Crippen LogP contribution is -2.28. The summed E-state index contributed by atoms with van der Waals surface area (Å²) < 4.78 is 26.4. The first kappa shape index (κ1) is 17.1. The lowest BCUT2D eigenvalue weighted by atomic mass is 10.1. The number of rotatable bonds is 4. The lowest BCUT2D eigenvalue weighted by molar-refractivity contribution is -0.117. The Bertz CT molecular complexity index is 823. The molecule has 0 unspecified atom stereocenters. The van der Waals surface area contributed by atoms with Gasteiger partial charge in [0.25, 0.3) is 5.91 Å². The van der Waals surface area contributed by atoms with Gasteiger partial charge in [-0.1, -0.05) is 12.1 Å². The van der Waals surface area contributed by atoms with E-state index in [1.54, 1.807) is 36.1 Å². The van der Waals surface area contributed by atoms with Crippen molar-refractivity contribution in [2.45, 2.75) is 25.8 Å². The molecule has 6 heteroatoms. The van der Waals surface area contributed by atoms with Crippen LogP contribution in [0.4, 0.5) is 14.5 Å². The van der Waals surface area contributed by atoms with Crippen LogP contribution in [0.2, 0.25) is 0 Å². The van der Waals surface area contributed by atoms with Gasteiger partial charge in [-0.05, 0) is 49.2 Å². The number of nitrogens with one attached hydrogen (secondary N) is 1. The highest BCUT2D eigenvalue weighted by atomic mass is 19.2. The molecule has 1 N–H and O–H groups in total. The van der Waals surface area contributed by atoms with Crippen molar-refractivity contribution >= 4 is 17.5 Å². The van der Waals surface area contributed by atoms with Crippen LogP contribution < -0.4 is 10.2 Å². The summed E-state index contributed by atoms with van der Waals surface area (Å²) in [6, 6.07) is 9.87. The minimum absolute atomic E-state index is 0.0488. The van der Waals surface area contributed by atoms with Gasteiger partial charge in [-0.3, -0.25) is 9.59 Å². The molecule has 2 amide bonds. The van der Waals surface area contributed by atoms with Crippen molar-refractivity contribution < 1.29 is 18.4 Å². The molecule has 0 aliphatic carbocycles. The molecule has 0 bridgehead atoms. The molecule has 1 saturated heterocycles. The number of hydrogen-bond acceptors (Lipinski definition) is 2. The van der Waals surface area contributed by atoms with E-state index in [0.717, 1.165) is 18.6 Å². The van der Waals surface area contributed by atoms with Crippen molar-refractivity contribution in [3.8, 4) is 0 Å². The van der Waals surface area contributed by atoms with Gasteiger partial charge in [-0.15, -0.1) is 0 Å². The molecule has 25 heavy (non-hydrogen) atoms. The molecule has 0 radical (unpaired) electrons. The van der Waals surface area contributed by atoms with E-state index in [-0.39, 0.29) is 11.8 Å². The summed E-state index contributed by atoms with van der Waals surface area (Å²) in [5, 5.41) is 2.76. The van der Waals surface area contributed by atoms with Gasteiger partial charge >= 0.3 is 0 Å². The van der Waals surface area contributed by atoms with Crippen molar-refractivity contribution in [2.24, 2.45) is 0 Å². The molecule has 1 fully saturated rings. The highest BCUT2D eigenvalue weighted by Crippen LogP contribution is 2.23. The SMILES string of the molecule is C[C@H](NC(=O)c1cccc(N2CCCC2=O)c1)c1ccc(F)c(F)c1. The van der Waals surface area contributed by atoms with Crippen LogP contribution in [0.1, 0.15) is 41.7 Å². The third-order valence-electron chi connectivity index (χ3n) is 4.28. The van der Waals surface area contributed by atoms with E-state index in [1.807, 2.05) is 0 Å². The molecule has 2 aromatic rings. The summed E-state index contributed by atoms with van der Waals surface area (Å²) in [4.78, 5) is 25.9. The van der Waals surface area contributed by atoms with Crippen LogP contribution >= 0.6 is 0 Å². The third-order valence-corrected chi connectivity index (χ3v) is 4.28. The number of carbonyl (C=O) groups excluding carboxylic acids is 2. The van der Waals surface area contributed by atoms with Crippen LogP contribution in [-0.4, -0.2) is 18.4 Å². The predicted molar refractivity (Wildman–Crippen MR) is 90.3 cm³/mol. The van der Waals surface area contributed by atoms with Crippen molar-refractivity contribution in [2.75, 3.05) is 11.4 Å². The van der Waals surface area contributed by atoms with Crippen molar-refractivity contribution in [1.82, 2.24) is 5.32 Å². The molecule has 1 aliphatic heterocycles. The number of halogens is 2. The Morgan fingerprint density at radius 3 is 2.64 bits per heavy atom. The van der Waals surface area contributed by atoms with Gasteiger partial charge in [0.1, 0.15) is 0 Å². The Hall–Kier alpha value is -2.76. The Balaban J connectivity index is 1.74. The van der Waals surface area contributed by atoms with E-state index in [2.05, 4.69) is 5.32 Å². The maximum Gasteiger partial charge on any atom is 0.251 e. The van der Waals surface area contributed by atoms with Gasteiger partial charge in [-0.2, -0.15) is 0 Å². The largest absolute Gasteiger partial charge is 0.346 e. The summed E-state index contributed by atoms with van der Waals surface area (Å²) in [6.45, 7) is 2.34. The zero-order chi connectivity index (χ0) is 18.0. The zero-order valence-electron chi connectivity index (χ0n) is 13.8. The quantitative estimate of drug-likeness (QED) is 0.922. The van der Waals surface area contributed by atoms with Crippen LogP contribution in [-0.2, 0) is 4.79 Å². The molecule has 1 atom stereocenters. The van der Waals surface area contributed by atoms with Crippen LogP contribution in [0.25, 0.3) is 0 Å². The number of hydrogen-bond donors (Lipinski definition) is 1. The smallest absolute Gasteiger partial charge is 0.251 e. The summed E-state index contributed by atoms with van der Waals surface area (Å²) in [5.41, 5.74) is 1.57. The molecule has 4 nitrogen and oxygen atoms in total. The molecular weight excluding hydrogens is 326 g/mol. The minimum atomic E-state index is -0.951. The van der Waals surface area contributed by atoms with Crippen molar-refractivity contribution in [1.29, 1.82) is 0 Å². The van der Waals surface area contributed by atoms with Crippen LogP contribution in [0, 0.1) is 11.6 Å². The Labute approximate surface area is 144 Å². The first-order chi connectivity index (χ1) is 12.0. The first-order valence-electron chi connectivity index (χ1n) is 8.12. The van der Waals surface area contributed by atoms with E-state index in [9.17, 15) is 18.4 Å². The molecule has 0 spiro atoms. The number of nitrogens with zero attached hydrogens (tertiary/aromatic N) is 1. The van der Waals surface area contributed by atoms with Crippen LogP contribution in [0.5, 0.6) is 0 Å². The van der Waals surface area contributed by atoms with Crippen LogP contribution in [0.3, 0.4) is 0 Å². The van der Waals surface area contributed by atoms with Crippen molar-refractivity contribution in [3.63, 3.8) is 0 Å². The fraction of sp³-hybridized carbons (Fsp3) is 0.263. The van der Waals surface area contributed by atoms with Crippen molar-refractivity contribution in [3.05, 3.63) is 65.2 Å². The topological polar surface area (TPSA) is 49.4 Å². The second-order valence-corrected chi connectivity index (χ2v) is 6.07. The minimum Gasteiger partial charge on any atom is -0.346 e. The Morgan fingerprint density at radius 2 is 1.96 bits per heavy atom. The highest BCUT2D eigenvalue weighted by molar-refractivity contribution is 5.99. The average Bonchev–Trinajstić information content (AvgIpc) is 3.03. The van der Waals surface area contributed by atoms with Gasteiger partial charge in [0.15, 0.2) is 11.6 Å². The molecule has 1 aliphatic rings. The monoisotopic (exact) mass is 344 g/mol. The summed E-state index contributed by atoms with van der Waals surface area (Å²) in [7, 11) is 0. The Morgan fingerprint density at radius 1 is 1.16 bits per heavy atom. The predicted octanol–water partition coefficient (Wildman–Crippen LogP) is 3.58. The maximum atomic E-state index is 13.3. The van der Waals surface area contributed by atoms with E-state index in [0.29, 0.717) is 29.8 Å². The number of anilines is 1. The first-order valence-corrected chi connectivity index (χ1v) is 8.12. The average molecular weight is 344 g/mol. The summed E-state index contributed by atoms with van der Waals surface area (Å²) >= 11 is 0. The molecule has 0 saturated carbocycles. The fourth-order valence-corrected chi connectivity index (χ4v) is 2.88. The van der Waals surface area contributed by atoms with Crippen LogP contribution in [0.15, 0.2) is 42.5 Å². The van der Waals surface area contributed by atoms with Gasteiger partial charge in [0.2, 0.25) is 5.91 Å². The number of benzene rings is 2. The van der Waals surface area contributed by atoms with Gasteiger partial charge < -0.3 is 10.2 Å². The fourth-order valence-electron chi connectivity index (χ4n) is 2.88. The zero-order valence-corrected chi connectivity index (χ0v) is 13.8. The molecule has 0 aromatic heterocycles. The number of carbonyl (C=O) groups is 2. The normalized spacial score (nSPS) is 15.3.